The Morgan fingerprint density at radius 1 is 1.26 bits per heavy atom. The molecule has 3 aromatic heterocycles. The van der Waals surface area contributed by atoms with Crippen molar-refractivity contribution in [1.82, 2.24) is 19.5 Å². The molecular formula is C13H13N5O. The number of fused-ring (bicyclic) bond motifs is 1. The molecule has 6 nitrogen and oxygen atoms in total. The molecule has 3 heterocycles. The number of hydrogen-bond acceptors (Lipinski definition) is 4. The van der Waals surface area contributed by atoms with Crippen LogP contribution in [0.3, 0.4) is 0 Å². The summed E-state index contributed by atoms with van der Waals surface area (Å²) in [5.41, 5.74) is 2.16. The Bertz CT molecular complexity index is 802. The minimum Gasteiger partial charge on any atom is -0.373 e. The highest BCUT2D eigenvalue weighted by atomic mass is 16.1. The number of aryl methyl sites for hydroxylation is 1. The van der Waals surface area contributed by atoms with Gasteiger partial charge in [-0.15, -0.1) is 0 Å². The molecule has 0 unspecified atom stereocenters. The highest BCUT2D eigenvalue weighted by Crippen LogP contribution is 2.19. The van der Waals surface area contributed by atoms with Crippen LogP contribution >= 0.6 is 0 Å². The second-order valence-electron chi connectivity index (χ2n) is 4.27. The van der Waals surface area contributed by atoms with E-state index in [1.165, 1.54) is 4.57 Å². The Labute approximate surface area is 109 Å². The first kappa shape index (κ1) is 11.5. The van der Waals surface area contributed by atoms with Crippen LogP contribution in [-0.2, 0) is 7.05 Å². The predicted octanol–water partition coefficient (Wildman–Crippen LogP) is 1.37. The standard InChI is InChI=1S/C13H13N5O/c1-14-10-4-3-9-13(16-10)17-12(15-9)8-5-6-18(2)11(19)7-8/h3-7H,1-2H3,(H2,14,15,16,17). The highest BCUT2D eigenvalue weighted by Gasteiger charge is 2.07. The summed E-state index contributed by atoms with van der Waals surface area (Å²) in [4.78, 5) is 23.5. The van der Waals surface area contributed by atoms with Crippen molar-refractivity contribution in [2.24, 2.45) is 7.05 Å². The van der Waals surface area contributed by atoms with Gasteiger partial charge in [-0.3, -0.25) is 4.79 Å². The van der Waals surface area contributed by atoms with Crippen LogP contribution in [0, 0.1) is 0 Å². The number of aromatic amines is 1. The largest absolute Gasteiger partial charge is 0.373 e. The number of nitrogens with one attached hydrogen (secondary N) is 2. The van der Waals surface area contributed by atoms with Crippen molar-refractivity contribution < 1.29 is 0 Å². The van der Waals surface area contributed by atoms with Gasteiger partial charge in [0.05, 0.1) is 5.52 Å². The summed E-state index contributed by atoms with van der Waals surface area (Å²) in [6, 6.07) is 7.18. The molecule has 2 N–H and O–H groups in total. The summed E-state index contributed by atoms with van der Waals surface area (Å²) in [6.07, 6.45) is 1.72. The normalized spacial score (nSPS) is 10.8. The second-order valence-corrected chi connectivity index (χ2v) is 4.27. The van der Waals surface area contributed by atoms with E-state index in [2.05, 4.69) is 20.3 Å². The summed E-state index contributed by atoms with van der Waals surface area (Å²) in [5.74, 6) is 1.41. The van der Waals surface area contributed by atoms with Gasteiger partial charge in [0.2, 0.25) is 0 Å². The summed E-state index contributed by atoms with van der Waals surface area (Å²) >= 11 is 0. The van der Waals surface area contributed by atoms with Gasteiger partial charge in [0, 0.05) is 31.9 Å². The first-order chi connectivity index (χ1) is 9.17. The van der Waals surface area contributed by atoms with Gasteiger partial charge in [0.1, 0.15) is 11.6 Å². The van der Waals surface area contributed by atoms with Gasteiger partial charge < -0.3 is 14.9 Å². The third-order valence-electron chi connectivity index (χ3n) is 2.98. The molecule has 0 saturated carbocycles. The van der Waals surface area contributed by atoms with Gasteiger partial charge in [-0.05, 0) is 18.2 Å². The van der Waals surface area contributed by atoms with Crippen LogP contribution in [0.4, 0.5) is 5.82 Å². The van der Waals surface area contributed by atoms with Crippen LogP contribution in [-0.4, -0.2) is 26.6 Å². The van der Waals surface area contributed by atoms with E-state index in [9.17, 15) is 4.79 Å². The smallest absolute Gasteiger partial charge is 0.250 e. The average molecular weight is 255 g/mol. The molecule has 3 rings (SSSR count). The van der Waals surface area contributed by atoms with Gasteiger partial charge in [-0.2, -0.15) is 0 Å². The molecule has 0 aromatic carbocycles. The number of H-pyrrole nitrogens is 1. The van der Waals surface area contributed by atoms with E-state index in [-0.39, 0.29) is 5.56 Å². The third-order valence-corrected chi connectivity index (χ3v) is 2.98. The summed E-state index contributed by atoms with van der Waals surface area (Å²) in [7, 11) is 3.52. The van der Waals surface area contributed by atoms with Crippen molar-refractivity contribution in [2.75, 3.05) is 12.4 Å². The number of pyridine rings is 2. The minimum atomic E-state index is -0.0678. The number of rotatable bonds is 2. The van der Waals surface area contributed by atoms with E-state index >= 15 is 0 Å². The van der Waals surface area contributed by atoms with Gasteiger partial charge in [-0.25, -0.2) is 9.97 Å². The molecular weight excluding hydrogens is 242 g/mol. The predicted molar refractivity (Wildman–Crippen MR) is 74.1 cm³/mol. The fourth-order valence-electron chi connectivity index (χ4n) is 1.86. The summed E-state index contributed by atoms with van der Waals surface area (Å²) in [5, 5.41) is 2.97. The van der Waals surface area contributed by atoms with Crippen molar-refractivity contribution in [3.8, 4) is 11.4 Å². The van der Waals surface area contributed by atoms with Crippen LogP contribution in [0.25, 0.3) is 22.6 Å². The first-order valence-electron chi connectivity index (χ1n) is 5.89. The molecule has 3 aromatic rings. The third kappa shape index (κ3) is 1.97. The number of aromatic nitrogens is 4. The molecule has 0 aliphatic rings. The Morgan fingerprint density at radius 2 is 2.11 bits per heavy atom. The van der Waals surface area contributed by atoms with Gasteiger partial charge in [0.25, 0.3) is 5.56 Å². The maximum atomic E-state index is 11.6. The van der Waals surface area contributed by atoms with Crippen molar-refractivity contribution in [2.45, 2.75) is 0 Å². The zero-order valence-corrected chi connectivity index (χ0v) is 10.6. The molecule has 0 aliphatic heterocycles. The SMILES string of the molecule is CNc1ccc2[nH]c(-c3ccn(C)c(=O)c3)nc2n1. The van der Waals surface area contributed by atoms with Crippen molar-refractivity contribution >= 4 is 17.0 Å². The maximum Gasteiger partial charge on any atom is 0.250 e. The molecule has 0 radical (unpaired) electrons. The molecule has 0 fully saturated rings. The first-order valence-corrected chi connectivity index (χ1v) is 5.89. The number of hydrogen-bond donors (Lipinski definition) is 2. The molecule has 0 spiro atoms. The summed E-state index contributed by atoms with van der Waals surface area (Å²) in [6.45, 7) is 0. The molecule has 19 heavy (non-hydrogen) atoms. The van der Waals surface area contributed by atoms with Crippen LogP contribution in [0.1, 0.15) is 0 Å². The lowest BCUT2D eigenvalue weighted by Gasteiger charge is -1.98. The Kier molecular flexibility index (Phi) is 2.56. The molecule has 0 saturated heterocycles. The average Bonchev–Trinajstić information content (AvgIpc) is 2.84. The van der Waals surface area contributed by atoms with E-state index in [1.54, 1.807) is 19.3 Å². The van der Waals surface area contributed by atoms with E-state index in [0.29, 0.717) is 11.5 Å². The number of nitrogens with zero attached hydrogens (tertiary/aromatic N) is 3. The van der Waals surface area contributed by atoms with E-state index < -0.39 is 0 Å². The monoisotopic (exact) mass is 255 g/mol. The van der Waals surface area contributed by atoms with E-state index in [1.807, 2.05) is 25.2 Å². The lowest BCUT2D eigenvalue weighted by molar-refractivity contribution is 0.860. The van der Waals surface area contributed by atoms with Crippen molar-refractivity contribution in [3.05, 3.63) is 40.8 Å². The Morgan fingerprint density at radius 3 is 2.84 bits per heavy atom. The van der Waals surface area contributed by atoms with E-state index in [4.69, 9.17) is 0 Å². The highest BCUT2D eigenvalue weighted by molar-refractivity contribution is 5.77. The topological polar surface area (TPSA) is 75.6 Å². The molecule has 0 bridgehead atoms. The van der Waals surface area contributed by atoms with Gasteiger partial charge in [-0.1, -0.05) is 0 Å². The maximum absolute atomic E-state index is 11.6. The second kappa shape index (κ2) is 4.24. The summed E-state index contributed by atoms with van der Waals surface area (Å²) < 4.78 is 1.52. The molecule has 96 valence electrons. The van der Waals surface area contributed by atoms with Crippen LogP contribution in [0.5, 0.6) is 0 Å². The van der Waals surface area contributed by atoms with Crippen LogP contribution in [0.2, 0.25) is 0 Å². The lowest BCUT2D eigenvalue weighted by Crippen LogP contribution is -2.14. The van der Waals surface area contributed by atoms with E-state index in [0.717, 1.165) is 16.9 Å². The zero-order chi connectivity index (χ0) is 13.4. The van der Waals surface area contributed by atoms with Crippen molar-refractivity contribution in [3.63, 3.8) is 0 Å². The van der Waals surface area contributed by atoms with Crippen molar-refractivity contribution in [1.29, 1.82) is 0 Å². The van der Waals surface area contributed by atoms with Gasteiger partial charge in [0.15, 0.2) is 5.65 Å². The fourth-order valence-corrected chi connectivity index (χ4v) is 1.86. The minimum absolute atomic E-state index is 0.0678. The molecule has 0 atom stereocenters. The van der Waals surface area contributed by atoms with Gasteiger partial charge >= 0.3 is 0 Å². The number of anilines is 1. The zero-order valence-electron chi connectivity index (χ0n) is 10.6. The Balaban J connectivity index is 2.14. The van der Waals surface area contributed by atoms with Crippen LogP contribution < -0.4 is 10.9 Å². The molecule has 6 heteroatoms. The quantitative estimate of drug-likeness (QED) is 0.725. The Hall–Kier alpha value is -2.63. The molecule has 0 amide bonds. The lowest BCUT2D eigenvalue weighted by atomic mass is 10.2. The van der Waals surface area contributed by atoms with Crippen LogP contribution in [0.15, 0.2) is 35.3 Å². The molecule has 0 aliphatic carbocycles. The fraction of sp³-hybridized carbons (Fsp3) is 0.154. The number of imidazole rings is 1.